The van der Waals surface area contributed by atoms with Crippen molar-refractivity contribution >= 4 is 49.9 Å². The normalized spacial score (nSPS) is 10.3. The van der Waals surface area contributed by atoms with E-state index in [4.69, 9.17) is 0 Å². The molecule has 0 amide bonds. The summed E-state index contributed by atoms with van der Waals surface area (Å²) in [6.07, 6.45) is 1.80. The van der Waals surface area contributed by atoms with Crippen molar-refractivity contribution in [1.29, 1.82) is 0 Å². The van der Waals surface area contributed by atoms with Crippen molar-refractivity contribution < 1.29 is 0 Å². The van der Waals surface area contributed by atoms with Gasteiger partial charge >= 0.3 is 0 Å². The molecule has 2 rings (SSSR count). The number of halogens is 2. The lowest BCUT2D eigenvalue weighted by molar-refractivity contribution is 1.07. The van der Waals surface area contributed by atoms with E-state index in [9.17, 15) is 0 Å². The van der Waals surface area contributed by atoms with E-state index < -0.39 is 0 Å². The molecule has 66 valence electrons. The third kappa shape index (κ3) is 2.23. The molecule has 0 fully saturated rings. The fourth-order valence-electron chi connectivity index (χ4n) is 0.824. The third-order valence-corrected chi connectivity index (χ3v) is 3.42. The molecule has 2 heterocycles. The minimum atomic E-state index is 0.793. The molecule has 0 unspecified atom stereocenters. The quantitative estimate of drug-likeness (QED) is 0.574. The minimum absolute atomic E-state index is 0.793. The van der Waals surface area contributed by atoms with Crippen molar-refractivity contribution in [2.24, 2.45) is 0 Å². The highest BCUT2D eigenvalue weighted by Gasteiger charge is 2.04. The molecule has 3 nitrogen and oxygen atoms in total. The molecule has 0 aliphatic rings. The Hall–Kier alpha value is -0.0800. The van der Waals surface area contributed by atoms with Crippen LogP contribution in [0, 0.1) is 3.70 Å². The number of pyridine rings is 1. The Bertz CT molecular complexity index is 414. The van der Waals surface area contributed by atoms with Gasteiger partial charge in [-0.25, -0.2) is 4.98 Å². The van der Waals surface area contributed by atoms with E-state index in [-0.39, 0.29) is 0 Å². The molecule has 0 N–H and O–H groups in total. The first-order chi connectivity index (χ1) is 6.25. The molecule has 0 aliphatic heterocycles. The summed E-state index contributed by atoms with van der Waals surface area (Å²) in [6.45, 7) is 0. The largest absolute Gasteiger partial charge is 0.250 e. The van der Waals surface area contributed by atoms with Crippen molar-refractivity contribution in [2.45, 2.75) is 0 Å². The van der Waals surface area contributed by atoms with E-state index in [0.717, 1.165) is 18.2 Å². The zero-order chi connectivity index (χ0) is 9.26. The van der Waals surface area contributed by atoms with Crippen molar-refractivity contribution in [3.8, 4) is 10.6 Å². The molecule has 2 aromatic rings. The molecule has 0 aliphatic carbocycles. The lowest BCUT2D eigenvalue weighted by Crippen LogP contribution is -1.81. The van der Waals surface area contributed by atoms with Crippen LogP contribution in [0.4, 0.5) is 0 Å². The van der Waals surface area contributed by atoms with E-state index in [1.54, 1.807) is 6.20 Å². The van der Waals surface area contributed by atoms with Gasteiger partial charge in [0.2, 0.25) is 0 Å². The van der Waals surface area contributed by atoms with Crippen molar-refractivity contribution in [2.75, 3.05) is 0 Å². The Morgan fingerprint density at radius 3 is 2.69 bits per heavy atom. The average molecular weight is 368 g/mol. The lowest BCUT2D eigenvalue weighted by atomic mass is 10.3. The second kappa shape index (κ2) is 3.97. The van der Waals surface area contributed by atoms with Crippen LogP contribution in [-0.2, 0) is 0 Å². The highest BCUT2D eigenvalue weighted by Crippen LogP contribution is 2.25. The molecule has 0 saturated heterocycles. The van der Waals surface area contributed by atoms with Crippen LogP contribution < -0.4 is 0 Å². The summed E-state index contributed by atoms with van der Waals surface area (Å²) in [6, 6.07) is 3.94. The highest BCUT2D eigenvalue weighted by atomic mass is 127. The van der Waals surface area contributed by atoms with Gasteiger partial charge in [0.05, 0.1) is 0 Å². The molecule has 0 aromatic carbocycles. The van der Waals surface area contributed by atoms with Crippen LogP contribution in [0.2, 0.25) is 0 Å². The SMILES string of the molecule is Brc1nnc(-c2ccc(I)nc2)s1. The number of hydrogen-bond acceptors (Lipinski definition) is 4. The van der Waals surface area contributed by atoms with Crippen LogP contribution in [0.1, 0.15) is 0 Å². The van der Waals surface area contributed by atoms with Gasteiger partial charge in [-0.15, -0.1) is 10.2 Å². The van der Waals surface area contributed by atoms with Crippen LogP contribution in [0.3, 0.4) is 0 Å². The van der Waals surface area contributed by atoms with Gasteiger partial charge in [-0.05, 0) is 50.7 Å². The highest BCUT2D eigenvalue weighted by molar-refractivity contribution is 14.1. The van der Waals surface area contributed by atoms with E-state index in [2.05, 4.69) is 53.7 Å². The summed E-state index contributed by atoms with van der Waals surface area (Å²) in [5.74, 6) is 0. The van der Waals surface area contributed by atoms with Crippen LogP contribution in [-0.4, -0.2) is 15.2 Å². The summed E-state index contributed by atoms with van der Waals surface area (Å²) in [5, 5.41) is 8.75. The number of hydrogen-bond donors (Lipinski definition) is 0. The molecule has 0 atom stereocenters. The fourth-order valence-corrected chi connectivity index (χ4v) is 2.24. The third-order valence-electron chi connectivity index (χ3n) is 1.37. The summed E-state index contributed by atoms with van der Waals surface area (Å²) in [7, 11) is 0. The Balaban J connectivity index is 2.41. The number of aromatic nitrogens is 3. The van der Waals surface area contributed by atoms with Crippen LogP contribution in [0.5, 0.6) is 0 Å². The molecular weight excluding hydrogens is 365 g/mol. The van der Waals surface area contributed by atoms with E-state index >= 15 is 0 Å². The smallest absolute Gasteiger partial charge is 0.183 e. The summed E-state index contributed by atoms with van der Waals surface area (Å²) >= 11 is 6.93. The topological polar surface area (TPSA) is 38.7 Å². The summed E-state index contributed by atoms with van der Waals surface area (Å²) in [4.78, 5) is 4.18. The van der Waals surface area contributed by atoms with Crippen molar-refractivity contribution in [3.05, 3.63) is 25.9 Å². The fraction of sp³-hybridized carbons (Fsp3) is 0. The van der Waals surface area contributed by atoms with Crippen LogP contribution in [0.25, 0.3) is 10.6 Å². The molecule has 0 radical (unpaired) electrons. The van der Waals surface area contributed by atoms with Gasteiger partial charge in [0.25, 0.3) is 0 Å². The zero-order valence-corrected chi connectivity index (χ0v) is 10.8. The first-order valence-corrected chi connectivity index (χ1v) is 6.05. The standard InChI is InChI=1S/C7H3BrIN3S/c8-7-12-11-6(13-7)4-1-2-5(9)10-3-4/h1-3H. The number of rotatable bonds is 1. The van der Waals surface area contributed by atoms with Gasteiger partial charge in [-0.1, -0.05) is 11.3 Å². The molecule has 0 saturated carbocycles. The Labute approximate surface area is 101 Å². The maximum Gasteiger partial charge on any atom is 0.183 e. The molecule has 0 spiro atoms. The Morgan fingerprint density at radius 2 is 2.15 bits per heavy atom. The molecule has 2 aromatic heterocycles. The number of nitrogens with zero attached hydrogens (tertiary/aromatic N) is 3. The monoisotopic (exact) mass is 367 g/mol. The van der Waals surface area contributed by atoms with E-state index in [0.29, 0.717) is 0 Å². The maximum atomic E-state index is 4.18. The molecule has 13 heavy (non-hydrogen) atoms. The molecule has 6 heteroatoms. The van der Waals surface area contributed by atoms with Crippen LogP contribution in [0.15, 0.2) is 22.2 Å². The van der Waals surface area contributed by atoms with Gasteiger partial charge in [-0.2, -0.15) is 0 Å². The average Bonchev–Trinajstić information content (AvgIpc) is 2.53. The first kappa shape index (κ1) is 9.47. The minimum Gasteiger partial charge on any atom is -0.250 e. The van der Waals surface area contributed by atoms with Gasteiger partial charge in [0, 0.05) is 11.8 Å². The summed E-state index contributed by atoms with van der Waals surface area (Å²) in [5.41, 5.74) is 1.00. The first-order valence-electron chi connectivity index (χ1n) is 3.36. The second-order valence-electron chi connectivity index (χ2n) is 2.23. The zero-order valence-electron chi connectivity index (χ0n) is 6.24. The predicted octanol–water partition coefficient (Wildman–Crippen LogP) is 2.97. The maximum absolute atomic E-state index is 4.18. The van der Waals surface area contributed by atoms with Gasteiger partial charge in [-0.3, -0.25) is 0 Å². The Morgan fingerprint density at radius 1 is 1.31 bits per heavy atom. The molecule has 0 bridgehead atoms. The summed E-state index contributed by atoms with van der Waals surface area (Å²) < 4.78 is 1.77. The predicted molar refractivity (Wildman–Crippen MR) is 63.6 cm³/mol. The van der Waals surface area contributed by atoms with Crippen molar-refractivity contribution in [3.63, 3.8) is 0 Å². The lowest BCUT2D eigenvalue weighted by Gasteiger charge is -1.93. The molecular formula is C7H3BrIN3S. The van der Waals surface area contributed by atoms with Crippen molar-refractivity contribution in [1.82, 2.24) is 15.2 Å². The van der Waals surface area contributed by atoms with Gasteiger partial charge < -0.3 is 0 Å². The Kier molecular flexibility index (Phi) is 2.89. The van der Waals surface area contributed by atoms with Crippen LogP contribution >= 0.6 is 49.9 Å². The van der Waals surface area contributed by atoms with E-state index in [1.165, 1.54) is 11.3 Å². The van der Waals surface area contributed by atoms with Gasteiger partial charge in [0.15, 0.2) is 3.92 Å². The van der Waals surface area contributed by atoms with E-state index in [1.807, 2.05) is 12.1 Å². The van der Waals surface area contributed by atoms with Gasteiger partial charge in [0.1, 0.15) is 8.71 Å². The second-order valence-corrected chi connectivity index (χ2v) is 5.59.